The Hall–Kier alpha value is -1.09. The predicted molar refractivity (Wildman–Crippen MR) is 47.3 cm³/mol. The largest absolute Gasteiger partial charge is 0.352 e. The van der Waals surface area contributed by atoms with Crippen LogP contribution in [0.25, 0.3) is 0 Å². The van der Waals surface area contributed by atoms with Crippen molar-refractivity contribution in [3.63, 3.8) is 0 Å². The lowest BCUT2D eigenvalue weighted by Crippen LogP contribution is -2.22. The van der Waals surface area contributed by atoms with Crippen molar-refractivity contribution in [3.05, 3.63) is 29.0 Å². The second-order valence-corrected chi connectivity index (χ2v) is 2.62. The third-order valence-electron chi connectivity index (χ3n) is 1.33. The lowest BCUT2D eigenvalue weighted by atomic mass is 10.3. The molecule has 0 spiro atoms. The Kier molecular flexibility index (Phi) is 3.05. The maximum Gasteiger partial charge on any atom is 0.252 e. The van der Waals surface area contributed by atoms with Crippen LogP contribution in [0.1, 0.15) is 17.3 Å². The van der Waals surface area contributed by atoms with Crippen molar-refractivity contribution in [2.24, 2.45) is 0 Å². The van der Waals surface area contributed by atoms with E-state index in [1.165, 1.54) is 6.20 Å². The van der Waals surface area contributed by atoms with Crippen LogP contribution in [-0.4, -0.2) is 17.4 Å². The van der Waals surface area contributed by atoms with Gasteiger partial charge in [0.2, 0.25) is 0 Å². The van der Waals surface area contributed by atoms with Crippen LogP contribution < -0.4 is 5.32 Å². The molecule has 1 amide bonds. The molecule has 0 saturated carbocycles. The van der Waals surface area contributed by atoms with Gasteiger partial charge in [-0.05, 0) is 19.1 Å². The summed E-state index contributed by atoms with van der Waals surface area (Å²) in [5.74, 6) is -0.123. The van der Waals surface area contributed by atoms with Crippen molar-refractivity contribution in [2.45, 2.75) is 6.92 Å². The Labute approximate surface area is 75.8 Å². The van der Waals surface area contributed by atoms with E-state index in [0.717, 1.165) is 0 Å². The summed E-state index contributed by atoms with van der Waals surface area (Å²) in [4.78, 5) is 14.9. The van der Waals surface area contributed by atoms with E-state index in [1.54, 1.807) is 12.1 Å². The van der Waals surface area contributed by atoms with Gasteiger partial charge in [0.1, 0.15) is 5.15 Å². The van der Waals surface area contributed by atoms with E-state index >= 15 is 0 Å². The molecule has 1 rings (SSSR count). The topological polar surface area (TPSA) is 42.0 Å². The monoisotopic (exact) mass is 184 g/mol. The van der Waals surface area contributed by atoms with Gasteiger partial charge in [-0.15, -0.1) is 0 Å². The number of carbonyl (C=O) groups is 1. The first-order valence-corrected chi connectivity index (χ1v) is 4.01. The summed E-state index contributed by atoms with van der Waals surface area (Å²) in [7, 11) is 0. The molecule has 0 bridgehead atoms. The van der Waals surface area contributed by atoms with Crippen LogP contribution in [0.5, 0.6) is 0 Å². The number of aromatic nitrogens is 1. The Morgan fingerprint density at radius 2 is 2.42 bits per heavy atom. The Morgan fingerprint density at radius 3 is 2.92 bits per heavy atom. The van der Waals surface area contributed by atoms with Gasteiger partial charge in [-0.25, -0.2) is 4.98 Å². The first-order valence-electron chi connectivity index (χ1n) is 3.63. The van der Waals surface area contributed by atoms with E-state index in [9.17, 15) is 4.79 Å². The van der Waals surface area contributed by atoms with E-state index in [0.29, 0.717) is 17.3 Å². The number of hydrogen-bond acceptors (Lipinski definition) is 2. The molecule has 0 aliphatic carbocycles. The number of amides is 1. The average Bonchev–Trinajstić information content (AvgIpc) is 2.06. The van der Waals surface area contributed by atoms with E-state index in [-0.39, 0.29) is 5.91 Å². The molecule has 64 valence electrons. The molecule has 0 unspecified atom stereocenters. The highest BCUT2D eigenvalue weighted by molar-refractivity contribution is 6.29. The van der Waals surface area contributed by atoms with Crippen molar-refractivity contribution in [2.75, 3.05) is 6.54 Å². The van der Waals surface area contributed by atoms with Gasteiger partial charge in [-0.1, -0.05) is 11.6 Å². The number of carbonyl (C=O) groups excluding carboxylic acids is 1. The van der Waals surface area contributed by atoms with E-state index in [1.807, 2.05) is 6.92 Å². The molecular formula is C8H9ClN2O. The zero-order valence-corrected chi connectivity index (χ0v) is 7.43. The number of rotatable bonds is 2. The highest BCUT2D eigenvalue weighted by Crippen LogP contribution is 2.04. The molecule has 0 fully saturated rings. The molecule has 1 heterocycles. The summed E-state index contributed by atoms with van der Waals surface area (Å²) in [5, 5.41) is 3.05. The molecule has 1 aromatic rings. The van der Waals surface area contributed by atoms with Crippen LogP contribution in [-0.2, 0) is 0 Å². The van der Waals surface area contributed by atoms with E-state index in [2.05, 4.69) is 10.3 Å². The summed E-state index contributed by atoms with van der Waals surface area (Å²) >= 11 is 5.55. The lowest BCUT2D eigenvalue weighted by molar-refractivity contribution is 0.0955. The lowest BCUT2D eigenvalue weighted by Gasteiger charge is -2.00. The van der Waals surface area contributed by atoms with Crippen molar-refractivity contribution < 1.29 is 4.79 Å². The van der Waals surface area contributed by atoms with Gasteiger partial charge in [0.25, 0.3) is 5.91 Å². The quantitative estimate of drug-likeness (QED) is 0.708. The zero-order valence-electron chi connectivity index (χ0n) is 6.67. The van der Waals surface area contributed by atoms with Gasteiger partial charge in [0, 0.05) is 12.7 Å². The van der Waals surface area contributed by atoms with Crippen LogP contribution in [0, 0.1) is 0 Å². The van der Waals surface area contributed by atoms with Crippen LogP contribution >= 0.6 is 11.6 Å². The molecule has 0 radical (unpaired) electrons. The van der Waals surface area contributed by atoms with E-state index < -0.39 is 0 Å². The molecule has 4 heteroatoms. The summed E-state index contributed by atoms with van der Waals surface area (Å²) in [5.41, 5.74) is 0.529. The van der Waals surface area contributed by atoms with Crippen molar-refractivity contribution in [3.8, 4) is 0 Å². The fourth-order valence-electron chi connectivity index (χ4n) is 0.773. The maximum atomic E-state index is 11.2. The highest BCUT2D eigenvalue weighted by Gasteiger charge is 2.02. The summed E-state index contributed by atoms with van der Waals surface area (Å²) in [6, 6.07) is 3.23. The Bertz CT molecular complexity index is 271. The van der Waals surface area contributed by atoms with Gasteiger partial charge < -0.3 is 5.32 Å². The molecule has 0 atom stereocenters. The molecule has 0 aromatic carbocycles. The molecule has 12 heavy (non-hydrogen) atoms. The van der Waals surface area contributed by atoms with Crippen molar-refractivity contribution in [1.29, 1.82) is 0 Å². The molecule has 1 N–H and O–H groups in total. The molecule has 0 saturated heterocycles. The SMILES string of the molecule is CCNC(=O)c1ccc(Cl)nc1. The van der Waals surface area contributed by atoms with Gasteiger partial charge in [-0.2, -0.15) is 0 Å². The van der Waals surface area contributed by atoms with Gasteiger partial charge in [0.05, 0.1) is 5.56 Å². The van der Waals surface area contributed by atoms with Gasteiger partial charge in [-0.3, -0.25) is 4.79 Å². The molecule has 0 aliphatic heterocycles. The smallest absolute Gasteiger partial charge is 0.252 e. The predicted octanol–water partition coefficient (Wildman–Crippen LogP) is 1.48. The summed E-state index contributed by atoms with van der Waals surface area (Å²) < 4.78 is 0. The minimum absolute atomic E-state index is 0.123. The number of hydrogen-bond donors (Lipinski definition) is 1. The highest BCUT2D eigenvalue weighted by atomic mass is 35.5. The molecule has 0 aliphatic rings. The van der Waals surface area contributed by atoms with E-state index in [4.69, 9.17) is 11.6 Å². The van der Waals surface area contributed by atoms with Crippen molar-refractivity contribution in [1.82, 2.24) is 10.3 Å². The normalized spacial score (nSPS) is 9.50. The number of nitrogens with one attached hydrogen (secondary N) is 1. The minimum atomic E-state index is -0.123. The summed E-state index contributed by atoms with van der Waals surface area (Å²) in [6.07, 6.45) is 1.45. The molecule has 3 nitrogen and oxygen atoms in total. The van der Waals surface area contributed by atoms with Crippen LogP contribution in [0.3, 0.4) is 0 Å². The average molecular weight is 185 g/mol. The zero-order chi connectivity index (χ0) is 8.97. The Balaban J connectivity index is 2.75. The maximum absolute atomic E-state index is 11.2. The summed E-state index contributed by atoms with van der Waals surface area (Å²) in [6.45, 7) is 2.47. The Morgan fingerprint density at radius 1 is 1.67 bits per heavy atom. The fraction of sp³-hybridized carbons (Fsp3) is 0.250. The first kappa shape index (κ1) is 9.00. The molecular weight excluding hydrogens is 176 g/mol. The number of halogens is 1. The first-order chi connectivity index (χ1) is 5.74. The number of pyridine rings is 1. The minimum Gasteiger partial charge on any atom is -0.352 e. The standard InChI is InChI=1S/C8H9ClN2O/c1-2-10-8(12)6-3-4-7(9)11-5-6/h3-5H,2H2,1H3,(H,10,12). The van der Waals surface area contributed by atoms with Gasteiger partial charge >= 0.3 is 0 Å². The number of nitrogens with zero attached hydrogens (tertiary/aromatic N) is 1. The van der Waals surface area contributed by atoms with Gasteiger partial charge in [0.15, 0.2) is 0 Å². The second kappa shape index (κ2) is 4.07. The van der Waals surface area contributed by atoms with Crippen LogP contribution in [0.4, 0.5) is 0 Å². The third-order valence-corrected chi connectivity index (χ3v) is 1.55. The fourth-order valence-corrected chi connectivity index (χ4v) is 0.885. The second-order valence-electron chi connectivity index (χ2n) is 2.23. The van der Waals surface area contributed by atoms with Crippen molar-refractivity contribution >= 4 is 17.5 Å². The third kappa shape index (κ3) is 2.20. The molecule has 1 aromatic heterocycles. The van der Waals surface area contributed by atoms with Crippen LogP contribution in [0.2, 0.25) is 5.15 Å². The van der Waals surface area contributed by atoms with Crippen LogP contribution in [0.15, 0.2) is 18.3 Å².